The van der Waals surface area contributed by atoms with Gasteiger partial charge in [0, 0.05) is 17.7 Å². The Hall–Kier alpha value is -1.92. The molecule has 1 aliphatic rings. The van der Waals surface area contributed by atoms with Crippen LogP contribution in [0, 0.1) is 5.82 Å². The highest BCUT2D eigenvalue weighted by Gasteiger charge is 2.52. The van der Waals surface area contributed by atoms with Crippen molar-refractivity contribution in [2.24, 2.45) is 0 Å². The molecule has 3 rings (SSSR count). The summed E-state index contributed by atoms with van der Waals surface area (Å²) in [5.74, 6) is 0.129. The highest BCUT2D eigenvalue weighted by Crippen LogP contribution is 2.36. The van der Waals surface area contributed by atoms with E-state index in [1.54, 1.807) is 25.4 Å². The minimum absolute atomic E-state index is 0.359. The van der Waals surface area contributed by atoms with Gasteiger partial charge < -0.3 is 14.0 Å². The Balaban J connectivity index is 1.91. The second-order valence-corrected chi connectivity index (χ2v) is 6.91. The van der Waals surface area contributed by atoms with E-state index in [0.29, 0.717) is 11.3 Å². The molecule has 24 heavy (non-hydrogen) atoms. The molecule has 4 nitrogen and oxygen atoms in total. The highest BCUT2D eigenvalue weighted by molar-refractivity contribution is 6.62. The molecule has 0 atom stereocenters. The van der Waals surface area contributed by atoms with E-state index in [1.807, 2.05) is 39.8 Å². The van der Waals surface area contributed by atoms with Crippen molar-refractivity contribution in [1.29, 1.82) is 0 Å². The molecule has 2 heterocycles. The predicted octanol–water partition coefficient (Wildman–Crippen LogP) is 3.20. The van der Waals surface area contributed by atoms with Crippen LogP contribution in [0.15, 0.2) is 36.5 Å². The van der Waals surface area contributed by atoms with Gasteiger partial charge >= 0.3 is 7.12 Å². The van der Waals surface area contributed by atoms with Gasteiger partial charge in [0.15, 0.2) is 0 Å². The number of hydrogen-bond donors (Lipinski definition) is 0. The fourth-order valence-electron chi connectivity index (χ4n) is 2.57. The van der Waals surface area contributed by atoms with E-state index < -0.39 is 18.3 Å². The first-order valence-electron chi connectivity index (χ1n) is 7.89. The maximum Gasteiger partial charge on any atom is 0.497 e. The smallest absolute Gasteiger partial charge is 0.481 e. The maximum absolute atomic E-state index is 14.7. The van der Waals surface area contributed by atoms with Gasteiger partial charge in [-0.15, -0.1) is 0 Å². The Morgan fingerprint density at radius 1 is 1.00 bits per heavy atom. The van der Waals surface area contributed by atoms with Crippen LogP contribution in [0.4, 0.5) is 4.39 Å². The molecule has 6 heteroatoms. The van der Waals surface area contributed by atoms with Crippen molar-refractivity contribution in [1.82, 2.24) is 4.98 Å². The van der Waals surface area contributed by atoms with Gasteiger partial charge in [0.25, 0.3) is 0 Å². The van der Waals surface area contributed by atoms with Crippen LogP contribution in [-0.4, -0.2) is 30.4 Å². The summed E-state index contributed by atoms with van der Waals surface area (Å²) in [6.45, 7) is 7.79. The van der Waals surface area contributed by atoms with Crippen LogP contribution in [0.2, 0.25) is 0 Å². The third-order valence-corrected chi connectivity index (χ3v) is 4.78. The number of ether oxygens (including phenoxy) is 1. The second kappa shape index (κ2) is 5.86. The minimum Gasteiger partial charge on any atom is -0.481 e. The van der Waals surface area contributed by atoms with E-state index in [2.05, 4.69) is 4.98 Å². The van der Waals surface area contributed by atoms with Crippen LogP contribution in [0.25, 0.3) is 11.1 Å². The Labute approximate surface area is 142 Å². The van der Waals surface area contributed by atoms with Crippen molar-refractivity contribution in [2.45, 2.75) is 38.9 Å². The first-order chi connectivity index (χ1) is 11.2. The van der Waals surface area contributed by atoms with E-state index in [9.17, 15) is 4.39 Å². The minimum atomic E-state index is -0.712. The molecule has 0 amide bonds. The van der Waals surface area contributed by atoms with Crippen molar-refractivity contribution < 1.29 is 18.4 Å². The summed E-state index contributed by atoms with van der Waals surface area (Å²) in [5, 5.41) is 0. The Bertz CT molecular complexity index is 748. The molecule has 0 bridgehead atoms. The number of halogens is 1. The fourth-order valence-corrected chi connectivity index (χ4v) is 2.57. The highest BCUT2D eigenvalue weighted by atomic mass is 19.1. The quantitative estimate of drug-likeness (QED) is 0.811. The molecule has 0 unspecified atom stereocenters. The topological polar surface area (TPSA) is 40.6 Å². The van der Waals surface area contributed by atoms with E-state index in [1.165, 1.54) is 6.07 Å². The number of methoxy groups -OCH3 is 1. The van der Waals surface area contributed by atoms with E-state index in [0.717, 1.165) is 11.1 Å². The van der Waals surface area contributed by atoms with Crippen molar-refractivity contribution in [3.8, 4) is 17.0 Å². The first kappa shape index (κ1) is 16.9. The van der Waals surface area contributed by atoms with E-state index in [4.69, 9.17) is 14.0 Å². The summed E-state index contributed by atoms with van der Waals surface area (Å²) >= 11 is 0. The number of hydrogen-bond acceptors (Lipinski definition) is 4. The average Bonchev–Trinajstić information content (AvgIpc) is 2.75. The van der Waals surface area contributed by atoms with Crippen LogP contribution in [0.1, 0.15) is 27.7 Å². The lowest BCUT2D eigenvalue weighted by atomic mass is 9.78. The number of aromatic nitrogens is 1. The summed E-state index contributed by atoms with van der Waals surface area (Å²) < 4.78 is 31.6. The lowest BCUT2D eigenvalue weighted by Crippen LogP contribution is -2.41. The monoisotopic (exact) mass is 329 g/mol. The molecule has 1 aromatic heterocycles. The summed E-state index contributed by atoms with van der Waals surface area (Å²) in [6.07, 6.45) is 1.63. The zero-order chi connectivity index (χ0) is 17.5. The first-order valence-corrected chi connectivity index (χ1v) is 7.89. The molecule has 0 radical (unpaired) electrons. The Kier molecular flexibility index (Phi) is 4.14. The Morgan fingerprint density at radius 2 is 1.62 bits per heavy atom. The van der Waals surface area contributed by atoms with E-state index >= 15 is 0 Å². The second-order valence-electron chi connectivity index (χ2n) is 6.91. The van der Waals surface area contributed by atoms with E-state index in [-0.39, 0.29) is 5.82 Å². The molecule has 1 aromatic carbocycles. The number of nitrogens with zero attached hydrogens (tertiary/aromatic N) is 1. The normalized spacial score (nSPS) is 18.7. The third-order valence-electron chi connectivity index (χ3n) is 4.78. The van der Waals surface area contributed by atoms with Gasteiger partial charge in [-0.2, -0.15) is 0 Å². The number of rotatable bonds is 3. The van der Waals surface area contributed by atoms with Gasteiger partial charge in [0.1, 0.15) is 5.82 Å². The molecule has 1 saturated heterocycles. The molecule has 0 N–H and O–H groups in total. The van der Waals surface area contributed by atoms with Gasteiger partial charge in [0.2, 0.25) is 5.88 Å². The zero-order valence-electron chi connectivity index (χ0n) is 14.6. The summed E-state index contributed by atoms with van der Waals surface area (Å²) in [7, 11) is 0.838. The van der Waals surface area contributed by atoms with Gasteiger partial charge in [-0.3, -0.25) is 0 Å². The third kappa shape index (κ3) is 2.92. The number of benzene rings is 1. The lowest BCUT2D eigenvalue weighted by molar-refractivity contribution is 0.00578. The largest absolute Gasteiger partial charge is 0.497 e. The summed E-state index contributed by atoms with van der Waals surface area (Å²) in [4.78, 5) is 4.06. The molecule has 0 spiro atoms. The molecule has 1 fully saturated rings. The summed E-state index contributed by atoms with van der Waals surface area (Å²) in [5.41, 5.74) is 0.982. The molecule has 0 aliphatic carbocycles. The van der Waals surface area contributed by atoms with Gasteiger partial charge in [-0.1, -0.05) is 12.1 Å². The van der Waals surface area contributed by atoms with Crippen LogP contribution in [0.5, 0.6) is 5.88 Å². The maximum atomic E-state index is 14.7. The van der Waals surface area contributed by atoms with Crippen molar-refractivity contribution in [3.05, 3.63) is 42.3 Å². The summed E-state index contributed by atoms with van der Waals surface area (Å²) in [6, 6.07) is 8.61. The predicted molar refractivity (Wildman–Crippen MR) is 91.9 cm³/mol. The average molecular weight is 329 g/mol. The molecular formula is C18H21BFNO3. The van der Waals surface area contributed by atoms with Crippen molar-refractivity contribution in [2.75, 3.05) is 7.11 Å². The van der Waals surface area contributed by atoms with Crippen LogP contribution in [-0.2, 0) is 9.31 Å². The van der Waals surface area contributed by atoms with Crippen molar-refractivity contribution >= 4 is 12.6 Å². The van der Waals surface area contributed by atoms with Gasteiger partial charge in [-0.05, 0) is 51.0 Å². The van der Waals surface area contributed by atoms with Crippen LogP contribution >= 0.6 is 0 Å². The molecule has 2 aromatic rings. The Morgan fingerprint density at radius 3 is 2.21 bits per heavy atom. The van der Waals surface area contributed by atoms with Crippen molar-refractivity contribution in [3.63, 3.8) is 0 Å². The van der Waals surface area contributed by atoms with Gasteiger partial charge in [0.05, 0.1) is 18.3 Å². The molecule has 1 aliphatic heterocycles. The molecular weight excluding hydrogens is 308 g/mol. The van der Waals surface area contributed by atoms with Crippen LogP contribution in [0.3, 0.4) is 0 Å². The fraction of sp³-hybridized carbons (Fsp3) is 0.389. The molecule has 126 valence electrons. The SMILES string of the molecule is COc1cc(-c2ccc(B3OC(C)(C)C(C)(C)O3)c(F)c2)ccn1. The lowest BCUT2D eigenvalue weighted by Gasteiger charge is -2.32. The van der Waals surface area contributed by atoms with Crippen LogP contribution < -0.4 is 10.2 Å². The number of pyridine rings is 1. The standard InChI is InChI=1S/C18H21BFNO3/c1-17(2)18(3,4)24-19(23-17)14-7-6-12(10-15(14)20)13-8-9-21-16(11-13)22-5/h6-11H,1-5H3. The van der Waals surface area contributed by atoms with Gasteiger partial charge in [-0.25, -0.2) is 9.37 Å². The zero-order valence-corrected chi connectivity index (χ0v) is 14.6. The molecule has 0 saturated carbocycles.